The molecule has 0 bridgehead atoms. The fourth-order valence-corrected chi connectivity index (χ4v) is 3.50. The first kappa shape index (κ1) is 23.0. The quantitative estimate of drug-likeness (QED) is 0.621. The molecule has 1 aliphatic carbocycles. The molecular weight excluding hydrogens is 428 g/mol. The Bertz CT molecular complexity index is 931. The highest BCUT2D eigenvalue weighted by molar-refractivity contribution is 5.50. The largest absolute Gasteiger partial charge is 0.421 e. The second-order valence-electron chi connectivity index (χ2n) is 7.82. The van der Waals surface area contributed by atoms with Gasteiger partial charge in [0.15, 0.2) is 0 Å². The van der Waals surface area contributed by atoms with Gasteiger partial charge >= 0.3 is 12.4 Å². The van der Waals surface area contributed by atoms with E-state index >= 15 is 0 Å². The average Bonchev–Trinajstić information content (AvgIpc) is 2.68. The van der Waals surface area contributed by atoms with Crippen LogP contribution in [0.5, 0.6) is 0 Å². The lowest BCUT2D eigenvalue weighted by Gasteiger charge is -2.51. The number of rotatable bonds is 6. The van der Waals surface area contributed by atoms with Crippen molar-refractivity contribution in [3.8, 4) is 0 Å². The van der Waals surface area contributed by atoms with Crippen molar-refractivity contribution in [3.05, 3.63) is 41.3 Å². The van der Waals surface area contributed by atoms with Crippen LogP contribution < -0.4 is 10.6 Å². The van der Waals surface area contributed by atoms with Gasteiger partial charge in [-0.25, -0.2) is 4.98 Å². The maximum atomic E-state index is 13.4. The molecule has 0 aromatic carbocycles. The predicted octanol–water partition coefficient (Wildman–Crippen LogP) is 4.75. The van der Waals surface area contributed by atoms with Gasteiger partial charge < -0.3 is 15.4 Å². The van der Waals surface area contributed by atoms with Gasteiger partial charge in [0.25, 0.3) is 0 Å². The minimum Gasteiger partial charge on any atom is -0.381 e. The summed E-state index contributed by atoms with van der Waals surface area (Å²) < 4.78 is 84.9. The van der Waals surface area contributed by atoms with Crippen molar-refractivity contribution in [2.75, 3.05) is 17.7 Å². The first-order chi connectivity index (χ1) is 14.3. The van der Waals surface area contributed by atoms with Crippen LogP contribution >= 0.6 is 0 Å². The third kappa shape index (κ3) is 4.83. The normalized spacial score (nSPS) is 20.8. The SMILES string of the molecule is COC1C[C@H](Nc2nc(NCc3cnccc3C(F)(F)F)ncc2C(F)(F)F)C1(C)C. The van der Waals surface area contributed by atoms with Gasteiger partial charge in [0.1, 0.15) is 11.4 Å². The lowest BCUT2D eigenvalue weighted by Crippen LogP contribution is -2.58. The van der Waals surface area contributed by atoms with Gasteiger partial charge in [0.2, 0.25) is 5.95 Å². The number of nitrogens with zero attached hydrogens (tertiary/aromatic N) is 3. The van der Waals surface area contributed by atoms with Crippen LogP contribution in [0.2, 0.25) is 0 Å². The van der Waals surface area contributed by atoms with E-state index in [1.54, 1.807) is 0 Å². The maximum absolute atomic E-state index is 13.4. The number of hydrogen-bond donors (Lipinski definition) is 2. The molecule has 0 radical (unpaired) electrons. The lowest BCUT2D eigenvalue weighted by molar-refractivity contribution is -0.138. The zero-order chi connectivity index (χ0) is 23.0. The van der Waals surface area contributed by atoms with Crippen molar-refractivity contribution < 1.29 is 31.1 Å². The fraction of sp³-hybridized carbons (Fsp3) is 0.526. The van der Waals surface area contributed by atoms with Gasteiger partial charge in [0, 0.05) is 49.3 Å². The molecule has 12 heteroatoms. The molecule has 2 N–H and O–H groups in total. The summed E-state index contributed by atoms with van der Waals surface area (Å²) in [4.78, 5) is 11.2. The topological polar surface area (TPSA) is 72.0 Å². The zero-order valence-corrected chi connectivity index (χ0v) is 16.9. The Kier molecular flexibility index (Phi) is 6.05. The van der Waals surface area contributed by atoms with Gasteiger partial charge in [-0.15, -0.1) is 0 Å². The molecule has 1 unspecified atom stereocenters. The summed E-state index contributed by atoms with van der Waals surface area (Å²) in [6, 6.07) is 0.485. The molecular formula is C19H21F6N5O. The maximum Gasteiger partial charge on any atom is 0.421 e. The number of anilines is 2. The summed E-state index contributed by atoms with van der Waals surface area (Å²) in [5.41, 5.74) is -2.58. The van der Waals surface area contributed by atoms with Gasteiger partial charge in [-0.2, -0.15) is 31.3 Å². The Labute approximate surface area is 174 Å². The summed E-state index contributed by atoms with van der Waals surface area (Å²) in [5, 5.41) is 5.35. The molecule has 1 fully saturated rings. The van der Waals surface area contributed by atoms with Gasteiger partial charge in [-0.05, 0) is 12.5 Å². The third-order valence-electron chi connectivity index (χ3n) is 5.51. The monoisotopic (exact) mass is 449 g/mol. The van der Waals surface area contributed by atoms with Crippen LogP contribution in [-0.4, -0.2) is 34.2 Å². The van der Waals surface area contributed by atoms with E-state index in [-0.39, 0.29) is 30.2 Å². The second kappa shape index (κ2) is 8.13. The Morgan fingerprint density at radius 2 is 1.77 bits per heavy atom. The Morgan fingerprint density at radius 1 is 1.10 bits per heavy atom. The number of methoxy groups -OCH3 is 1. The number of ether oxygens (including phenoxy) is 1. The Balaban J connectivity index is 1.83. The smallest absolute Gasteiger partial charge is 0.381 e. The van der Waals surface area contributed by atoms with Crippen molar-refractivity contribution in [2.45, 2.75) is 51.3 Å². The average molecular weight is 449 g/mol. The molecule has 2 atom stereocenters. The molecule has 2 heterocycles. The summed E-state index contributed by atoms with van der Waals surface area (Å²) in [7, 11) is 1.53. The number of alkyl halides is 6. The molecule has 2 aromatic rings. The third-order valence-corrected chi connectivity index (χ3v) is 5.51. The fourth-order valence-electron chi connectivity index (χ4n) is 3.50. The summed E-state index contributed by atoms with van der Waals surface area (Å²) in [5.74, 6) is -0.687. The Hall–Kier alpha value is -2.63. The van der Waals surface area contributed by atoms with Crippen LogP contribution in [0.4, 0.5) is 38.1 Å². The molecule has 31 heavy (non-hydrogen) atoms. The highest BCUT2D eigenvalue weighted by Crippen LogP contribution is 2.45. The van der Waals surface area contributed by atoms with E-state index in [0.717, 1.165) is 18.5 Å². The minimum atomic E-state index is -4.71. The summed E-state index contributed by atoms with van der Waals surface area (Å²) in [6.07, 6.45) is -6.30. The molecule has 0 amide bonds. The predicted molar refractivity (Wildman–Crippen MR) is 100 cm³/mol. The number of halogens is 6. The summed E-state index contributed by atoms with van der Waals surface area (Å²) in [6.45, 7) is 3.35. The molecule has 1 saturated carbocycles. The highest BCUT2D eigenvalue weighted by atomic mass is 19.4. The van der Waals surface area contributed by atoms with E-state index in [0.29, 0.717) is 12.6 Å². The van der Waals surface area contributed by atoms with E-state index in [9.17, 15) is 26.3 Å². The Morgan fingerprint density at radius 3 is 2.35 bits per heavy atom. The van der Waals surface area contributed by atoms with Crippen LogP contribution in [-0.2, 0) is 23.6 Å². The standard InChI is InChI=1S/C19H21F6N5O/c1-17(2)13(6-14(17)31-3)29-15-12(19(23,24)25)9-28-16(30-15)27-8-10-7-26-5-4-11(10)18(20,21)22/h4-5,7,9,13-14H,6,8H2,1-3H3,(H2,27,28,29,30)/t13-,14?/m0/s1. The van der Waals surface area contributed by atoms with Crippen LogP contribution in [0, 0.1) is 5.41 Å². The number of nitrogens with one attached hydrogen (secondary N) is 2. The highest BCUT2D eigenvalue weighted by Gasteiger charge is 2.49. The van der Waals surface area contributed by atoms with E-state index < -0.39 is 34.7 Å². The van der Waals surface area contributed by atoms with Crippen molar-refractivity contribution in [2.24, 2.45) is 5.41 Å². The minimum absolute atomic E-state index is 0.120. The number of aromatic nitrogens is 3. The molecule has 2 aromatic heterocycles. The van der Waals surface area contributed by atoms with Gasteiger partial charge in [-0.1, -0.05) is 13.8 Å². The van der Waals surface area contributed by atoms with Crippen molar-refractivity contribution in [3.63, 3.8) is 0 Å². The van der Waals surface area contributed by atoms with Crippen LogP contribution in [0.3, 0.4) is 0 Å². The first-order valence-corrected chi connectivity index (χ1v) is 9.31. The van der Waals surface area contributed by atoms with Crippen LogP contribution in [0.15, 0.2) is 24.7 Å². The summed E-state index contributed by atoms with van der Waals surface area (Å²) >= 11 is 0. The van der Waals surface area contributed by atoms with Crippen LogP contribution in [0.25, 0.3) is 0 Å². The van der Waals surface area contributed by atoms with Gasteiger partial charge in [-0.3, -0.25) is 4.98 Å². The number of hydrogen-bond acceptors (Lipinski definition) is 6. The van der Waals surface area contributed by atoms with Crippen molar-refractivity contribution >= 4 is 11.8 Å². The van der Waals surface area contributed by atoms with E-state index in [1.807, 2.05) is 13.8 Å². The molecule has 6 nitrogen and oxygen atoms in total. The zero-order valence-electron chi connectivity index (χ0n) is 16.9. The first-order valence-electron chi connectivity index (χ1n) is 9.31. The molecule has 170 valence electrons. The van der Waals surface area contributed by atoms with E-state index in [2.05, 4.69) is 25.6 Å². The molecule has 0 aliphatic heterocycles. The second-order valence-corrected chi connectivity index (χ2v) is 7.82. The van der Waals surface area contributed by atoms with Crippen molar-refractivity contribution in [1.29, 1.82) is 0 Å². The molecule has 0 saturated heterocycles. The van der Waals surface area contributed by atoms with Crippen molar-refractivity contribution in [1.82, 2.24) is 15.0 Å². The number of pyridine rings is 1. The molecule has 0 spiro atoms. The van der Waals surface area contributed by atoms with E-state index in [1.165, 1.54) is 7.11 Å². The van der Waals surface area contributed by atoms with E-state index in [4.69, 9.17) is 4.74 Å². The van der Waals surface area contributed by atoms with Gasteiger partial charge in [0.05, 0.1) is 11.7 Å². The van der Waals surface area contributed by atoms with Crippen LogP contribution in [0.1, 0.15) is 37.0 Å². The lowest BCUT2D eigenvalue weighted by atomic mass is 9.64. The molecule has 1 aliphatic rings. The molecule has 3 rings (SSSR count).